The predicted octanol–water partition coefficient (Wildman–Crippen LogP) is -3.35. The molecule has 0 saturated carbocycles. The Morgan fingerprint density at radius 3 is 2.32 bits per heavy atom. The number of amides is 4. The molecule has 0 radical (unpaired) electrons. The van der Waals surface area contributed by atoms with Crippen LogP contribution in [-0.2, 0) is 28.8 Å². The van der Waals surface area contributed by atoms with Crippen LogP contribution in [0, 0.1) is 0 Å². The lowest BCUT2D eigenvalue weighted by Gasteiger charge is -2.28. The zero-order valence-corrected chi connectivity index (χ0v) is 19.5. The normalized spacial score (nSPS) is 18.8. The molecule has 8 N–H and O–H groups in total. The summed E-state index contributed by atoms with van der Waals surface area (Å²) in [4.78, 5) is 73.0. The van der Waals surface area contributed by atoms with Crippen molar-refractivity contribution in [2.45, 2.75) is 62.9 Å². The molecule has 1 saturated heterocycles. The maximum atomic E-state index is 12.8. The van der Waals surface area contributed by atoms with Crippen LogP contribution < -0.4 is 21.7 Å². The molecule has 192 valence electrons. The number of carboxylic acid groups (broad SMARTS) is 2. The van der Waals surface area contributed by atoms with Crippen LogP contribution in [-0.4, -0.2) is 105 Å². The van der Waals surface area contributed by atoms with E-state index in [1.54, 1.807) is 0 Å². The van der Waals surface area contributed by atoms with Crippen LogP contribution in [0.2, 0.25) is 0 Å². The fraction of sp³-hybridized carbons (Fsp3) is 0.684. The van der Waals surface area contributed by atoms with Gasteiger partial charge in [0.15, 0.2) is 6.04 Å². The monoisotopic (exact) mass is 505 g/mol. The van der Waals surface area contributed by atoms with E-state index in [0.29, 0.717) is 19.4 Å². The second kappa shape index (κ2) is 13.7. The minimum atomic E-state index is -1.60. The fourth-order valence-corrected chi connectivity index (χ4v) is 3.46. The van der Waals surface area contributed by atoms with Crippen molar-refractivity contribution >= 4 is 48.2 Å². The Hall–Kier alpha value is -2.91. The molecule has 5 atom stereocenters. The van der Waals surface area contributed by atoms with Crippen molar-refractivity contribution in [2.75, 3.05) is 18.8 Å². The van der Waals surface area contributed by atoms with Crippen LogP contribution in [0.1, 0.15) is 32.6 Å². The quantitative estimate of drug-likeness (QED) is 0.116. The number of hydrogen-bond donors (Lipinski definition) is 8. The van der Waals surface area contributed by atoms with Crippen LogP contribution in [0.4, 0.5) is 0 Å². The van der Waals surface area contributed by atoms with Crippen molar-refractivity contribution in [2.24, 2.45) is 5.73 Å². The Kier molecular flexibility index (Phi) is 11.7. The smallest absolute Gasteiger partial charge is 0.328 e. The number of thiol groups is 1. The fourth-order valence-electron chi connectivity index (χ4n) is 3.30. The van der Waals surface area contributed by atoms with Crippen LogP contribution in [0.5, 0.6) is 0 Å². The van der Waals surface area contributed by atoms with Gasteiger partial charge < -0.3 is 41.9 Å². The summed E-state index contributed by atoms with van der Waals surface area (Å²) < 4.78 is 0. The third-order valence-corrected chi connectivity index (χ3v) is 5.51. The van der Waals surface area contributed by atoms with Crippen molar-refractivity contribution in [3.05, 3.63) is 0 Å². The largest absolute Gasteiger partial charge is 0.481 e. The van der Waals surface area contributed by atoms with Crippen LogP contribution in [0.15, 0.2) is 0 Å². The van der Waals surface area contributed by atoms with Gasteiger partial charge in [0, 0.05) is 18.7 Å². The average Bonchev–Trinajstić information content (AvgIpc) is 3.26. The minimum absolute atomic E-state index is 0.0766. The third-order valence-electron chi connectivity index (χ3n) is 5.12. The average molecular weight is 506 g/mol. The van der Waals surface area contributed by atoms with E-state index in [1.165, 1.54) is 4.90 Å². The van der Waals surface area contributed by atoms with Gasteiger partial charge in [-0.1, -0.05) is 0 Å². The first kappa shape index (κ1) is 29.1. The molecule has 0 bridgehead atoms. The van der Waals surface area contributed by atoms with Crippen molar-refractivity contribution in [3.63, 3.8) is 0 Å². The van der Waals surface area contributed by atoms with E-state index in [2.05, 4.69) is 23.3 Å². The lowest BCUT2D eigenvalue weighted by molar-refractivity contribution is -0.144. The number of nitrogens with zero attached hydrogens (tertiary/aromatic N) is 1. The Bertz CT molecular complexity index is 794. The Morgan fingerprint density at radius 1 is 1.15 bits per heavy atom. The molecular weight excluding hydrogens is 474 g/mol. The van der Waals surface area contributed by atoms with Gasteiger partial charge in [-0.15, -0.1) is 0 Å². The van der Waals surface area contributed by atoms with E-state index in [1.807, 2.05) is 5.32 Å². The van der Waals surface area contributed by atoms with Crippen LogP contribution in [0.3, 0.4) is 0 Å². The summed E-state index contributed by atoms with van der Waals surface area (Å²) in [6.45, 7) is 0.771. The number of rotatable bonds is 13. The van der Waals surface area contributed by atoms with Gasteiger partial charge in [-0.3, -0.25) is 24.0 Å². The highest BCUT2D eigenvalue weighted by atomic mass is 32.1. The van der Waals surface area contributed by atoms with Gasteiger partial charge in [0.2, 0.25) is 23.6 Å². The van der Waals surface area contributed by atoms with Gasteiger partial charge in [-0.2, -0.15) is 12.6 Å². The van der Waals surface area contributed by atoms with Gasteiger partial charge in [0.1, 0.15) is 12.1 Å². The van der Waals surface area contributed by atoms with Crippen molar-refractivity contribution in [1.29, 1.82) is 0 Å². The predicted molar refractivity (Wildman–Crippen MR) is 120 cm³/mol. The van der Waals surface area contributed by atoms with E-state index < -0.39 is 78.8 Å². The number of carboxylic acids is 2. The summed E-state index contributed by atoms with van der Waals surface area (Å²) in [5.74, 6) is -5.56. The first-order valence-corrected chi connectivity index (χ1v) is 11.2. The number of carbonyl (C=O) groups is 6. The summed E-state index contributed by atoms with van der Waals surface area (Å²) in [6, 6.07) is -4.73. The van der Waals surface area contributed by atoms with Crippen LogP contribution in [0.25, 0.3) is 0 Å². The molecule has 4 amide bonds. The molecular formula is C19H31N5O9S. The van der Waals surface area contributed by atoms with Gasteiger partial charge in [0.05, 0.1) is 18.7 Å². The van der Waals surface area contributed by atoms with Crippen molar-refractivity contribution < 1.29 is 44.1 Å². The molecule has 0 aromatic heterocycles. The minimum Gasteiger partial charge on any atom is -0.481 e. The van der Waals surface area contributed by atoms with Gasteiger partial charge in [-0.05, 0) is 26.2 Å². The number of carbonyl (C=O) groups excluding carboxylic acids is 4. The Labute approximate surface area is 201 Å². The van der Waals surface area contributed by atoms with Crippen LogP contribution >= 0.6 is 12.6 Å². The summed E-state index contributed by atoms with van der Waals surface area (Å²) in [5, 5.41) is 34.0. The molecule has 0 unspecified atom stereocenters. The van der Waals surface area contributed by atoms with E-state index in [-0.39, 0.29) is 12.2 Å². The Balaban J connectivity index is 2.81. The molecule has 1 rings (SSSR count). The lowest BCUT2D eigenvalue weighted by Crippen LogP contribution is -2.56. The zero-order valence-electron chi connectivity index (χ0n) is 18.6. The standard InChI is InChI=1S/C19H31N5O9S/c1-9(25)15(19(32)33)23-13(26)7-21-16(29)11(4-5-14(27)28)22-17(30)12-3-2-6-24(12)18(31)10(20)8-34/h9-12,15,25,34H,2-8,20H2,1H3,(H,21,29)(H,22,30)(H,23,26)(H,27,28)(H,32,33)/t9-,10+,11+,12+,15+/m1/s1. The highest BCUT2D eigenvalue weighted by Gasteiger charge is 2.37. The zero-order chi connectivity index (χ0) is 26.0. The molecule has 1 heterocycles. The summed E-state index contributed by atoms with van der Waals surface area (Å²) >= 11 is 3.98. The maximum Gasteiger partial charge on any atom is 0.328 e. The second-order valence-corrected chi connectivity index (χ2v) is 8.18. The number of aliphatic hydroxyl groups is 1. The topological polar surface area (TPSA) is 228 Å². The number of aliphatic hydroxyl groups excluding tert-OH is 1. The first-order valence-electron chi connectivity index (χ1n) is 10.6. The molecule has 0 aromatic rings. The van der Waals surface area contributed by atoms with Gasteiger partial charge >= 0.3 is 11.9 Å². The van der Waals surface area contributed by atoms with Gasteiger partial charge in [-0.25, -0.2) is 4.79 Å². The summed E-state index contributed by atoms with van der Waals surface area (Å²) in [7, 11) is 0. The summed E-state index contributed by atoms with van der Waals surface area (Å²) in [5.41, 5.74) is 5.71. The number of nitrogens with one attached hydrogen (secondary N) is 3. The molecule has 0 aliphatic carbocycles. The highest BCUT2D eigenvalue weighted by Crippen LogP contribution is 2.19. The van der Waals surface area contributed by atoms with E-state index in [0.717, 1.165) is 6.92 Å². The number of hydrogen-bond acceptors (Lipinski definition) is 9. The number of nitrogens with two attached hydrogens (primary N) is 1. The molecule has 1 fully saturated rings. The molecule has 15 heteroatoms. The highest BCUT2D eigenvalue weighted by molar-refractivity contribution is 7.80. The molecule has 0 aromatic carbocycles. The van der Waals surface area contributed by atoms with Crippen molar-refractivity contribution in [3.8, 4) is 0 Å². The van der Waals surface area contributed by atoms with E-state index >= 15 is 0 Å². The molecule has 1 aliphatic heterocycles. The molecule has 34 heavy (non-hydrogen) atoms. The maximum absolute atomic E-state index is 12.8. The number of likely N-dealkylation sites (tertiary alicyclic amines) is 1. The SMILES string of the molecule is C[C@@H](O)[C@H](NC(=O)CNC(=O)[C@H](CCC(=O)O)NC(=O)[C@@H]1CCCN1C(=O)[C@@H](N)CS)C(=O)O. The number of aliphatic carboxylic acids is 2. The van der Waals surface area contributed by atoms with Gasteiger partial charge in [0.25, 0.3) is 0 Å². The summed E-state index contributed by atoms with van der Waals surface area (Å²) in [6.07, 6.45) is -1.30. The molecule has 14 nitrogen and oxygen atoms in total. The molecule has 0 spiro atoms. The molecule has 1 aliphatic rings. The van der Waals surface area contributed by atoms with E-state index in [9.17, 15) is 33.9 Å². The van der Waals surface area contributed by atoms with Crippen molar-refractivity contribution in [1.82, 2.24) is 20.9 Å². The first-order chi connectivity index (χ1) is 15.9. The third kappa shape index (κ3) is 8.79. The van der Waals surface area contributed by atoms with E-state index in [4.69, 9.17) is 15.9 Å². The Morgan fingerprint density at radius 2 is 1.79 bits per heavy atom. The second-order valence-electron chi connectivity index (χ2n) is 7.81. The lowest BCUT2D eigenvalue weighted by atomic mass is 10.1.